The number of benzene rings is 2. The van der Waals surface area contributed by atoms with Crippen molar-refractivity contribution in [2.24, 2.45) is 11.1 Å². The van der Waals surface area contributed by atoms with Crippen LogP contribution in [0.5, 0.6) is 0 Å². The van der Waals surface area contributed by atoms with Gasteiger partial charge in [0.1, 0.15) is 4.88 Å². The van der Waals surface area contributed by atoms with E-state index in [0.717, 1.165) is 11.5 Å². The molecule has 0 saturated heterocycles. The van der Waals surface area contributed by atoms with Crippen LogP contribution in [0.1, 0.15) is 50.7 Å². The first-order valence-corrected chi connectivity index (χ1v) is 11.7. The van der Waals surface area contributed by atoms with Crippen molar-refractivity contribution in [3.05, 3.63) is 74.7 Å². The van der Waals surface area contributed by atoms with Gasteiger partial charge in [-0.15, -0.1) is 5.10 Å². The molecule has 0 fully saturated rings. The Kier molecular flexibility index (Phi) is 7.99. The van der Waals surface area contributed by atoms with Crippen LogP contribution in [-0.2, 0) is 6.54 Å². The Bertz CT molecular complexity index is 1230. The van der Waals surface area contributed by atoms with Gasteiger partial charge in [-0.25, -0.2) is 0 Å². The quantitative estimate of drug-likeness (QED) is 0.480. The van der Waals surface area contributed by atoms with Gasteiger partial charge in [0.25, 0.3) is 11.8 Å². The summed E-state index contributed by atoms with van der Waals surface area (Å²) in [4.78, 5) is 28.1. The van der Waals surface area contributed by atoms with Gasteiger partial charge in [0.15, 0.2) is 0 Å². The van der Waals surface area contributed by atoms with Crippen molar-refractivity contribution in [2.45, 2.75) is 27.3 Å². The van der Waals surface area contributed by atoms with E-state index in [4.69, 9.17) is 22.6 Å². The summed E-state index contributed by atoms with van der Waals surface area (Å²) in [7, 11) is 0. The first-order valence-electron chi connectivity index (χ1n) is 10.5. The fourth-order valence-corrected chi connectivity index (χ4v) is 3.99. The van der Waals surface area contributed by atoms with Crippen molar-refractivity contribution >= 4 is 40.6 Å². The highest BCUT2D eigenvalue weighted by molar-refractivity contribution is 7.08. The number of hydrogen-bond acceptors (Lipinski definition) is 7. The zero-order valence-corrected chi connectivity index (χ0v) is 20.7. The molecule has 1 aromatic heterocycles. The number of halogens is 1. The molecule has 0 atom stereocenters. The summed E-state index contributed by atoms with van der Waals surface area (Å²) in [6.07, 6.45) is 0. The van der Waals surface area contributed by atoms with Crippen molar-refractivity contribution in [3.8, 4) is 6.07 Å². The minimum absolute atomic E-state index is 0.206. The van der Waals surface area contributed by atoms with Crippen LogP contribution in [0.25, 0.3) is 0 Å². The third kappa shape index (κ3) is 6.17. The minimum atomic E-state index is -0.336. The van der Waals surface area contributed by atoms with Gasteiger partial charge in [0, 0.05) is 29.4 Å². The number of carbonyl (C=O) groups excluding carboxylic acids is 2. The highest BCUT2D eigenvalue weighted by Crippen LogP contribution is 2.26. The molecule has 0 bridgehead atoms. The number of nitrogens with zero attached hydrogens (tertiary/aromatic N) is 4. The summed E-state index contributed by atoms with van der Waals surface area (Å²) in [6, 6.07) is 13.7. The fraction of sp³-hybridized carbons (Fsp3) is 0.292. The summed E-state index contributed by atoms with van der Waals surface area (Å²) >= 11 is 7.49. The molecule has 3 aromatic rings. The Morgan fingerprint density at radius 3 is 2.53 bits per heavy atom. The van der Waals surface area contributed by atoms with Gasteiger partial charge in [-0.3, -0.25) is 9.59 Å². The second-order valence-electron chi connectivity index (χ2n) is 8.67. The maximum Gasteiger partial charge on any atom is 0.269 e. The molecule has 0 aliphatic rings. The fourth-order valence-electron chi connectivity index (χ4n) is 3.26. The molecule has 0 saturated carbocycles. The summed E-state index contributed by atoms with van der Waals surface area (Å²) in [5.41, 5.74) is 8.31. The van der Waals surface area contributed by atoms with E-state index < -0.39 is 0 Å². The Balaban J connectivity index is 1.88. The van der Waals surface area contributed by atoms with E-state index in [9.17, 15) is 9.59 Å². The molecule has 3 N–H and O–H groups in total. The summed E-state index contributed by atoms with van der Waals surface area (Å²) in [6.45, 7) is 6.67. The molecule has 3 rings (SSSR count). The van der Waals surface area contributed by atoms with Crippen LogP contribution in [-0.4, -0.2) is 39.4 Å². The number of nitrogens with one attached hydrogen (secondary N) is 1. The first kappa shape index (κ1) is 25.3. The van der Waals surface area contributed by atoms with Crippen LogP contribution in [0.2, 0.25) is 5.02 Å². The second kappa shape index (κ2) is 10.7. The molecule has 2 aromatic carbocycles. The standard InChI is InChI=1S/C24H25ClN6O2S/c1-15-21(34-30-29-15)22(32)28-19-8-9-20(25)18(10-19)12-31(14-24(2,3)13-27)23(33)17-6-4-16(11-26)5-7-17/h4-10H,12-14,27H2,1-3H3,(H,28,32). The minimum Gasteiger partial charge on any atom is -0.334 e. The van der Waals surface area contributed by atoms with E-state index in [2.05, 4.69) is 21.0 Å². The number of rotatable bonds is 8. The van der Waals surface area contributed by atoms with Gasteiger partial charge in [-0.05, 0) is 78.4 Å². The second-order valence-corrected chi connectivity index (χ2v) is 9.83. The van der Waals surface area contributed by atoms with E-state index in [1.165, 1.54) is 0 Å². The molecule has 8 nitrogen and oxygen atoms in total. The van der Waals surface area contributed by atoms with Gasteiger partial charge < -0.3 is 16.0 Å². The van der Waals surface area contributed by atoms with Crippen LogP contribution in [0, 0.1) is 23.7 Å². The summed E-state index contributed by atoms with van der Waals surface area (Å²) < 4.78 is 3.79. The first-order chi connectivity index (χ1) is 16.1. The molecular formula is C24H25ClN6O2S. The topological polar surface area (TPSA) is 125 Å². The number of aryl methyl sites for hydroxylation is 1. The van der Waals surface area contributed by atoms with Gasteiger partial charge >= 0.3 is 0 Å². The molecule has 176 valence electrons. The zero-order chi connectivity index (χ0) is 24.9. The van der Waals surface area contributed by atoms with Crippen molar-refractivity contribution < 1.29 is 9.59 Å². The number of nitriles is 1. The normalized spacial score (nSPS) is 11.1. The lowest BCUT2D eigenvalue weighted by Crippen LogP contribution is -2.41. The van der Waals surface area contributed by atoms with E-state index in [1.54, 1.807) is 54.3 Å². The molecule has 0 radical (unpaired) electrons. The number of nitrogens with two attached hydrogens (primary N) is 1. The van der Waals surface area contributed by atoms with E-state index >= 15 is 0 Å². The Labute approximate surface area is 207 Å². The Hall–Kier alpha value is -3.32. The number of hydrogen-bond donors (Lipinski definition) is 2. The molecule has 2 amide bonds. The molecule has 0 unspecified atom stereocenters. The molecule has 34 heavy (non-hydrogen) atoms. The molecule has 0 aliphatic carbocycles. The molecule has 10 heteroatoms. The maximum atomic E-state index is 13.4. The number of anilines is 1. The van der Waals surface area contributed by atoms with E-state index in [-0.39, 0.29) is 23.8 Å². The number of amides is 2. The van der Waals surface area contributed by atoms with Crippen molar-refractivity contribution in [3.63, 3.8) is 0 Å². The number of carbonyl (C=O) groups is 2. The molecule has 0 spiro atoms. The summed E-state index contributed by atoms with van der Waals surface area (Å²) in [5, 5.41) is 16.2. The number of aromatic nitrogens is 2. The average molecular weight is 497 g/mol. The van der Waals surface area contributed by atoms with Gasteiger partial charge in [-0.2, -0.15) is 5.26 Å². The lowest BCUT2D eigenvalue weighted by Gasteiger charge is -2.32. The Morgan fingerprint density at radius 2 is 1.94 bits per heavy atom. The van der Waals surface area contributed by atoms with Gasteiger partial charge in [0.2, 0.25) is 0 Å². The Morgan fingerprint density at radius 1 is 1.24 bits per heavy atom. The van der Waals surface area contributed by atoms with Crippen LogP contribution in [0.4, 0.5) is 5.69 Å². The van der Waals surface area contributed by atoms with Crippen molar-refractivity contribution in [2.75, 3.05) is 18.4 Å². The van der Waals surface area contributed by atoms with Crippen LogP contribution in [0.3, 0.4) is 0 Å². The van der Waals surface area contributed by atoms with E-state index in [0.29, 0.717) is 51.1 Å². The predicted octanol–water partition coefficient (Wildman–Crippen LogP) is 4.25. The smallest absolute Gasteiger partial charge is 0.269 e. The van der Waals surface area contributed by atoms with Crippen LogP contribution in [0.15, 0.2) is 42.5 Å². The lowest BCUT2D eigenvalue weighted by molar-refractivity contribution is 0.0673. The van der Waals surface area contributed by atoms with Gasteiger partial charge in [-0.1, -0.05) is 29.9 Å². The predicted molar refractivity (Wildman–Crippen MR) is 133 cm³/mol. The van der Waals surface area contributed by atoms with E-state index in [1.807, 2.05) is 13.8 Å². The monoisotopic (exact) mass is 496 g/mol. The summed E-state index contributed by atoms with van der Waals surface area (Å²) in [5.74, 6) is -0.515. The molecule has 1 heterocycles. The zero-order valence-electron chi connectivity index (χ0n) is 19.1. The lowest BCUT2D eigenvalue weighted by atomic mass is 9.92. The highest BCUT2D eigenvalue weighted by atomic mass is 35.5. The van der Waals surface area contributed by atoms with Crippen molar-refractivity contribution in [1.29, 1.82) is 5.26 Å². The largest absolute Gasteiger partial charge is 0.334 e. The molecular weight excluding hydrogens is 472 g/mol. The average Bonchev–Trinajstić information content (AvgIpc) is 3.26. The van der Waals surface area contributed by atoms with Crippen molar-refractivity contribution in [1.82, 2.24) is 14.5 Å². The highest BCUT2D eigenvalue weighted by Gasteiger charge is 2.26. The third-order valence-corrected chi connectivity index (χ3v) is 6.44. The molecule has 0 aliphatic heterocycles. The maximum absolute atomic E-state index is 13.4. The SMILES string of the molecule is Cc1nnsc1C(=O)Nc1ccc(Cl)c(CN(CC(C)(C)CN)C(=O)c2ccc(C#N)cc2)c1. The van der Waals surface area contributed by atoms with Crippen LogP contribution >= 0.6 is 23.1 Å². The van der Waals surface area contributed by atoms with Crippen LogP contribution < -0.4 is 11.1 Å². The van der Waals surface area contributed by atoms with Gasteiger partial charge in [0.05, 0.1) is 17.3 Å². The third-order valence-electron chi connectivity index (χ3n) is 5.24.